The molecule has 0 fully saturated rings. The van der Waals surface area contributed by atoms with Crippen molar-refractivity contribution in [2.75, 3.05) is 6.54 Å². The van der Waals surface area contributed by atoms with E-state index in [0.29, 0.717) is 11.7 Å². The van der Waals surface area contributed by atoms with Crippen LogP contribution in [0.4, 0.5) is 5.82 Å². The van der Waals surface area contributed by atoms with Gasteiger partial charge in [-0.1, -0.05) is 54.6 Å². The van der Waals surface area contributed by atoms with Crippen molar-refractivity contribution in [2.24, 2.45) is 4.99 Å². The zero-order valence-corrected chi connectivity index (χ0v) is 17.4. The van der Waals surface area contributed by atoms with Crippen LogP contribution in [0.5, 0.6) is 0 Å². The summed E-state index contributed by atoms with van der Waals surface area (Å²) in [5.41, 5.74) is 2.61. The van der Waals surface area contributed by atoms with Crippen molar-refractivity contribution in [3.63, 3.8) is 0 Å². The maximum absolute atomic E-state index is 13.2. The van der Waals surface area contributed by atoms with Gasteiger partial charge < -0.3 is 15.2 Å². The van der Waals surface area contributed by atoms with Crippen molar-refractivity contribution >= 4 is 23.6 Å². The Bertz CT molecular complexity index is 1210. The first-order valence-corrected chi connectivity index (χ1v) is 10.0. The SMILES string of the molecule is Cc1ncc([N+](=O)[O-])n1CCN1C(=O)/C(=C/c2ccc(CO)cc2)N=C1c1ccccc1. The quantitative estimate of drug-likeness (QED) is 0.351. The summed E-state index contributed by atoms with van der Waals surface area (Å²) in [5.74, 6) is 0.595. The van der Waals surface area contributed by atoms with Gasteiger partial charge in [-0.2, -0.15) is 0 Å². The second-order valence-electron chi connectivity index (χ2n) is 7.26. The number of aliphatic hydroxyl groups is 1. The Morgan fingerprint density at radius 2 is 1.81 bits per heavy atom. The molecule has 4 rings (SSSR count). The number of nitrogens with zero attached hydrogens (tertiary/aromatic N) is 5. The van der Waals surface area contributed by atoms with Crippen LogP contribution < -0.4 is 0 Å². The lowest BCUT2D eigenvalue weighted by Crippen LogP contribution is -2.35. The molecule has 0 spiro atoms. The van der Waals surface area contributed by atoms with Gasteiger partial charge in [-0.3, -0.25) is 9.69 Å². The van der Waals surface area contributed by atoms with Crippen LogP contribution in [0.1, 0.15) is 22.5 Å². The lowest BCUT2D eigenvalue weighted by molar-refractivity contribution is -0.392. The van der Waals surface area contributed by atoms with Crippen LogP contribution in [-0.4, -0.2) is 42.8 Å². The van der Waals surface area contributed by atoms with Gasteiger partial charge in [0.05, 0.1) is 13.2 Å². The standard InChI is InChI=1S/C23H21N5O4/c1-16-24-14-21(28(31)32)26(16)11-12-27-22(19-5-3-2-4-6-19)25-20(23(27)30)13-17-7-9-18(15-29)10-8-17/h2-10,13-14,29H,11-12,15H2,1H3/b20-13-. The van der Waals surface area contributed by atoms with Crippen LogP contribution in [-0.2, 0) is 17.9 Å². The van der Waals surface area contributed by atoms with E-state index in [1.807, 2.05) is 42.5 Å². The first-order chi connectivity index (χ1) is 15.5. The number of amides is 1. The van der Waals surface area contributed by atoms with Crippen molar-refractivity contribution in [3.05, 3.63) is 99.1 Å². The van der Waals surface area contributed by atoms with E-state index < -0.39 is 4.92 Å². The van der Waals surface area contributed by atoms with Crippen molar-refractivity contribution < 1.29 is 14.8 Å². The lowest BCUT2D eigenvalue weighted by atomic mass is 10.1. The Morgan fingerprint density at radius 3 is 2.47 bits per heavy atom. The molecule has 9 nitrogen and oxygen atoms in total. The molecule has 2 heterocycles. The molecule has 0 radical (unpaired) electrons. The number of aliphatic hydroxyl groups excluding tert-OH is 1. The topological polar surface area (TPSA) is 114 Å². The number of carbonyl (C=O) groups excluding carboxylic acids is 1. The number of imidazole rings is 1. The Labute approximate surface area is 184 Å². The third kappa shape index (κ3) is 4.19. The van der Waals surface area contributed by atoms with Crippen molar-refractivity contribution in [2.45, 2.75) is 20.1 Å². The molecule has 32 heavy (non-hydrogen) atoms. The minimum atomic E-state index is -0.487. The molecule has 0 atom stereocenters. The maximum atomic E-state index is 13.2. The van der Waals surface area contributed by atoms with Gasteiger partial charge in [-0.05, 0) is 22.1 Å². The van der Waals surface area contributed by atoms with Gasteiger partial charge in [0, 0.05) is 12.5 Å². The van der Waals surface area contributed by atoms with E-state index in [0.717, 1.165) is 16.7 Å². The first kappa shape index (κ1) is 21.1. The number of hydrogen-bond acceptors (Lipinski definition) is 6. The van der Waals surface area contributed by atoms with Crippen LogP contribution in [0, 0.1) is 17.0 Å². The van der Waals surface area contributed by atoms with Crippen molar-refractivity contribution in [1.82, 2.24) is 14.5 Å². The molecule has 1 amide bonds. The molecule has 3 aromatic rings. The number of aryl methyl sites for hydroxylation is 1. The average Bonchev–Trinajstić information content (AvgIpc) is 3.33. The fourth-order valence-electron chi connectivity index (χ4n) is 3.52. The number of nitro groups is 1. The van der Waals surface area contributed by atoms with E-state index >= 15 is 0 Å². The van der Waals surface area contributed by atoms with E-state index in [2.05, 4.69) is 9.98 Å². The van der Waals surface area contributed by atoms with Crippen molar-refractivity contribution in [1.29, 1.82) is 0 Å². The molecule has 0 saturated carbocycles. The number of benzene rings is 2. The molecule has 0 unspecified atom stereocenters. The Hall–Kier alpha value is -4.11. The summed E-state index contributed by atoms with van der Waals surface area (Å²) in [6.07, 6.45) is 2.91. The largest absolute Gasteiger partial charge is 0.392 e. The number of aliphatic imine (C=N–C) groups is 1. The van der Waals surface area contributed by atoms with Gasteiger partial charge in [0.2, 0.25) is 0 Å². The van der Waals surface area contributed by atoms with Gasteiger partial charge in [0.15, 0.2) is 5.82 Å². The Morgan fingerprint density at radius 1 is 1.09 bits per heavy atom. The van der Waals surface area contributed by atoms with Crippen LogP contribution in [0.25, 0.3) is 6.08 Å². The molecule has 0 aliphatic carbocycles. The number of rotatable bonds is 7. The second kappa shape index (κ2) is 8.94. The molecule has 0 bridgehead atoms. The van der Waals surface area contributed by atoms with Gasteiger partial charge >= 0.3 is 5.82 Å². The number of aromatic nitrogens is 2. The van der Waals surface area contributed by atoms with E-state index in [9.17, 15) is 20.0 Å². The minimum Gasteiger partial charge on any atom is -0.392 e. The molecular formula is C23H21N5O4. The highest BCUT2D eigenvalue weighted by molar-refractivity contribution is 6.19. The zero-order valence-electron chi connectivity index (χ0n) is 17.4. The molecule has 1 aliphatic heterocycles. The van der Waals surface area contributed by atoms with Gasteiger partial charge in [-0.25, -0.2) is 14.5 Å². The highest BCUT2D eigenvalue weighted by atomic mass is 16.6. The normalized spacial score (nSPS) is 14.8. The van der Waals surface area contributed by atoms with E-state index in [1.165, 1.54) is 15.7 Å². The van der Waals surface area contributed by atoms with Gasteiger partial charge in [-0.15, -0.1) is 0 Å². The summed E-state index contributed by atoms with van der Waals surface area (Å²) in [6, 6.07) is 16.5. The van der Waals surface area contributed by atoms with Crippen LogP contribution >= 0.6 is 0 Å². The summed E-state index contributed by atoms with van der Waals surface area (Å²) in [4.78, 5) is 34.2. The van der Waals surface area contributed by atoms with E-state index in [1.54, 1.807) is 25.1 Å². The fourth-order valence-corrected chi connectivity index (χ4v) is 3.52. The van der Waals surface area contributed by atoms with E-state index in [4.69, 9.17) is 0 Å². The summed E-state index contributed by atoms with van der Waals surface area (Å²) >= 11 is 0. The molecular weight excluding hydrogens is 410 g/mol. The molecule has 162 valence electrons. The summed E-state index contributed by atoms with van der Waals surface area (Å²) in [6.45, 7) is 2.04. The fraction of sp³-hybridized carbons (Fsp3) is 0.174. The third-order valence-corrected chi connectivity index (χ3v) is 5.21. The average molecular weight is 431 g/mol. The highest BCUT2D eigenvalue weighted by Gasteiger charge is 2.32. The van der Waals surface area contributed by atoms with Crippen LogP contribution in [0.3, 0.4) is 0 Å². The maximum Gasteiger partial charge on any atom is 0.342 e. The monoisotopic (exact) mass is 431 g/mol. The molecule has 1 aromatic heterocycles. The van der Waals surface area contributed by atoms with Crippen LogP contribution in [0.15, 0.2) is 71.5 Å². The summed E-state index contributed by atoms with van der Waals surface area (Å²) in [7, 11) is 0. The molecule has 0 saturated heterocycles. The Kier molecular flexibility index (Phi) is 5.91. The highest BCUT2D eigenvalue weighted by Crippen LogP contribution is 2.23. The van der Waals surface area contributed by atoms with Gasteiger partial charge in [0.1, 0.15) is 24.3 Å². The second-order valence-corrected chi connectivity index (χ2v) is 7.26. The minimum absolute atomic E-state index is 0.0559. The zero-order chi connectivity index (χ0) is 22.7. The molecule has 9 heteroatoms. The van der Waals surface area contributed by atoms with E-state index in [-0.39, 0.29) is 37.1 Å². The summed E-state index contributed by atoms with van der Waals surface area (Å²) in [5, 5.41) is 20.5. The smallest absolute Gasteiger partial charge is 0.342 e. The van der Waals surface area contributed by atoms with Gasteiger partial charge in [0.25, 0.3) is 5.91 Å². The molecule has 2 aromatic carbocycles. The first-order valence-electron chi connectivity index (χ1n) is 10.0. The number of hydrogen-bond donors (Lipinski definition) is 1. The predicted molar refractivity (Wildman–Crippen MR) is 119 cm³/mol. The van der Waals surface area contributed by atoms with Crippen molar-refractivity contribution in [3.8, 4) is 0 Å². The predicted octanol–water partition coefficient (Wildman–Crippen LogP) is 2.92. The summed E-state index contributed by atoms with van der Waals surface area (Å²) < 4.78 is 1.48. The number of amidine groups is 1. The molecule has 1 aliphatic rings. The third-order valence-electron chi connectivity index (χ3n) is 5.21. The van der Waals surface area contributed by atoms with Crippen LogP contribution in [0.2, 0.25) is 0 Å². The molecule has 1 N–H and O–H groups in total. The lowest BCUT2D eigenvalue weighted by Gasteiger charge is -2.18. The Balaban J connectivity index is 1.65. The number of carbonyl (C=O) groups is 1.